The SMILES string of the molecule is CC(C)n1ncc(NCc2cccc(C#N)c2)c(Cl)c1=O. The third-order valence-corrected chi connectivity index (χ3v) is 3.34. The van der Waals surface area contributed by atoms with E-state index in [4.69, 9.17) is 16.9 Å². The molecule has 6 heteroatoms. The van der Waals surface area contributed by atoms with Gasteiger partial charge in [-0.3, -0.25) is 4.79 Å². The standard InChI is InChI=1S/C15H15ClN4O/c1-10(2)20-15(21)14(16)13(9-19-20)18-8-12-5-3-4-11(6-12)7-17/h3-6,9-10,18H,8H2,1-2H3. The van der Waals surface area contributed by atoms with Crippen LogP contribution in [0, 0.1) is 11.3 Å². The highest BCUT2D eigenvalue weighted by atomic mass is 35.5. The Labute approximate surface area is 127 Å². The van der Waals surface area contributed by atoms with E-state index in [1.54, 1.807) is 12.1 Å². The number of hydrogen-bond acceptors (Lipinski definition) is 4. The second kappa shape index (κ2) is 6.42. The van der Waals surface area contributed by atoms with Crippen molar-refractivity contribution >= 4 is 17.3 Å². The van der Waals surface area contributed by atoms with Crippen LogP contribution in [0.25, 0.3) is 0 Å². The monoisotopic (exact) mass is 302 g/mol. The number of nitrogens with one attached hydrogen (secondary N) is 1. The molecule has 0 aliphatic heterocycles. The number of aromatic nitrogens is 2. The van der Waals surface area contributed by atoms with E-state index in [-0.39, 0.29) is 16.6 Å². The normalized spacial score (nSPS) is 10.4. The molecule has 1 N–H and O–H groups in total. The second-order valence-electron chi connectivity index (χ2n) is 4.88. The van der Waals surface area contributed by atoms with Gasteiger partial charge in [0.05, 0.1) is 29.6 Å². The first kappa shape index (κ1) is 15.1. The summed E-state index contributed by atoms with van der Waals surface area (Å²) in [6.45, 7) is 4.19. The van der Waals surface area contributed by atoms with Gasteiger partial charge in [-0.2, -0.15) is 10.4 Å². The van der Waals surface area contributed by atoms with Crippen molar-refractivity contribution in [2.45, 2.75) is 26.4 Å². The minimum absolute atomic E-state index is 0.0450. The van der Waals surface area contributed by atoms with Crippen LogP contribution in [0.4, 0.5) is 5.69 Å². The highest BCUT2D eigenvalue weighted by Gasteiger charge is 2.11. The Hall–Kier alpha value is -2.32. The van der Waals surface area contributed by atoms with Crippen LogP contribution in [0.3, 0.4) is 0 Å². The van der Waals surface area contributed by atoms with Gasteiger partial charge >= 0.3 is 0 Å². The Kier molecular flexibility index (Phi) is 4.61. The molecule has 0 aliphatic rings. The minimum atomic E-state index is -0.317. The van der Waals surface area contributed by atoms with Gasteiger partial charge in [-0.15, -0.1) is 0 Å². The topological polar surface area (TPSA) is 70.7 Å². The molecule has 0 radical (unpaired) electrons. The van der Waals surface area contributed by atoms with Gasteiger partial charge in [0.1, 0.15) is 5.02 Å². The van der Waals surface area contributed by atoms with Crippen molar-refractivity contribution in [3.05, 3.63) is 57.0 Å². The average Bonchev–Trinajstić information content (AvgIpc) is 2.48. The molecule has 21 heavy (non-hydrogen) atoms. The van der Waals surface area contributed by atoms with Gasteiger partial charge in [0, 0.05) is 6.54 Å². The molecule has 1 heterocycles. The molecule has 0 amide bonds. The fraction of sp³-hybridized carbons (Fsp3) is 0.267. The fourth-order valence-electron chi connectivity index (χ4n) is 1.88. The van der Waals surface area contributed by atoms with Gasteiger partial charge in [0.25, 0.3) is 5.56 Å². The van der Waals surface area contributed by atoms with E-state index < -0.39 is 0 Å². The van der Waals surface area contributed by atoms with E-state index in [9.17, 15) is 4.79 Å². The Morgan fingerprint density at radius 3 is 2.90 bits per heavy atom. The van der Waals surface area contributed by atoms with Gasteiger partial charge in [-0.25, -0.2) is 4.68 Å². The van der Waals surface area contributed by atoms with Crippen molar-refractivity contribution in [3.8, 4) is 6.07 Å². The summed E-state index contributed by atoms with van der Waals surface area (Å²) in [5.41, 5.74) is 1.69. The van der Waals surface area contributed by atoms with Crippen molar-refractivity contribution in [2.24, 2.45) is 0 Å². The summed E-state index contributed by atoms with van der Waals surface area (Å²) in [6.07, 6.45) is 1.54. The number of hydrogen-bond donors (Lipinski definition) is 1. The van der Waals surface area contributed by atoms with Crippen LogP contribution >= 0.6 is 11.6 Å². The molecule has 0 atom stereocenters. The van der Waals surface area contributed by atoms with Gasteiger partial charge in [-0.05, 0) is 31.5 Å². The van der Waals surface area contributed by atoms with Gasteiger partial charge in [-0.1, -0.05) is 23.7 Å². The summed E-state index contributed by atoms with van der Waals surface area (Å²) in [5.74, 6) is 0. The zero-order chi connectivity index (χ0) is 15.4. The van der Waals surface area contributed by atoms with E-state index in [1.807, 2.05) is 26.0 Å². The molecular weight excluding hydrogens is 288 g/mol. The quantitative estimate of drug-likeness (QED) is 0.942. The Morgan fingerprint density at radius 1 is 1.48 bits per heavy atom. The van der Waals surface area contributed by atoms with Crippen molar-refractivity contribution in [1.29, 1.82) is 5.26 Å². The van der Waals surface area contributed by atoms with Crippen molar-refractivity contribution in [3.63, 3.8) is 0 Å². The lowest BCUT2D eigenvalue weighted by Crippen LogP contribution is -2.25. The second-order valence-corrected chi connectivity index (χ2v) is 5.26. The fourth-order valence-corrected chi connectivity index (χ4v) is 2.09. The zero-order valence-electron chi connectivity index (χ0n) is 11.8. The molecule has 0 unspecified atom stereocenters. The number of anilines is 1. The summed E-state index contributed by atoms with van der Waals surface area (Å²) >= 11 is 6.08. The Balaban J connectivity index is 2.19. The van der Waals surface area contributed by atoms with E-state index in [0.29, 0.717) is 17.8 Å². The van der Waals surface area contributed by atoms with Crippen LogP contribution in [0.2, 0.25) is 5.02 Å². The highest BCUT2D eigenvalue weighted by Crippen LogP contribution is 2.17. The lowest BCUT2D eigenvalue weighted by molar-refractivity contribution is 0.503. The van der Waals surface area contributed by atoms with E-state index in [2.05, 4.69) is 16.5 Å². The first-order chi connectivity index (χ1) is 10.0. The Bertz CT molecular complexity index is 746. The van der Waals surface area contributed by atoms with Gasteiger partial charge < -0.3 is 5.32 Å². The molecule has 2 aromatic rings. The molecular formula is C15H15ClN4O. The first-order valence-corrected chi connectivity index (χ1v) is 6.91. The lowest BCUT2D eigenvalue weighted by atomic mass is 10.1. The minimum Gasteiger partial charge on any atom is -0.378 e. The van der Waals surface area contributed by atoms with Crippen molar-refractivity contribution < 1.29 is 0 Å². The molecule has 0 saturated heterocycles. The summed E-state index contributed by atoms with van der Waals surface area (Å²) < 4.78 is 1.34. The molecule has 1 aromatic carbocycles. The third-order valence-electron chi connectivity index (χ3n) is 2.97. The van der Waals surface area contributed by atoms with Crippen molar-refractivity contribution in [1.82, 2.24) is 9.78 Å². The average molecular weight is 303 g/mol. The number of nitriles is 1. The van der Waals surface area contributed by atoms with Gasteiger partial charge in [0.15, 0.2) is 0 Å². The smallest absolute Gasteiger partial charge is 0.287 e. The lowest BCUT2D eigenvalue weighted by Gasteiger charge is -2.12. The molecule has 0 fully saturated rings. The van der Waals surface area contributed by atoms with Crippen LogP contribution in [0.1, 0.15) is 31.0 Å². The molecule has 1 aromatic heterocycles. The van der Waals surface area contributed by atoms with Crippen LogP contribution in [-0.4, -0.2) is 9.78 Å². The predicted octanol–water partition coefficient (Wildman–Crippen LogP) is 2.96. The van der Waals surface area contributed by atoms with E-state index in [0.717, 1.165) is 5.56 Å². The maximum Gasteiger partial charge on any atom is 0.287 e. The van der Waals surface area contributed by atoms with Gasteiger partial charge in [0.2, 0.25) is 0 Å². The van der Waals surface area contributed by atoms with Crippen LogP contribution in [-0.2, 0) is 6.54 Å². The highest BCUT2D eigenvalue weighted by molar-refractivity contribution is 6.32. The zero-order valence-corrected chi connectivity index (χ0v) is 12.6. The van der Waals surface area contributed by atoms with E-state index >= 15 is 0 Å². The summed E-state index contributed by atoms with van der Waals surface area (Å²) in [6, 6.07) is 9.27. The van der Waals surface area contributed by atoms with Crippen LogP contribution in [0.15, 0.2) is 35.3 Å². The predicted molar refractivity (Wildman–Crippen MR) is 82.4 cm³/mol. The summed E-state index contributed by atoms with van der Waals surface area (Å²) in [4.78, 5) is 12.0. The molecule has 5 nitrogen and oxygen atoms in total. The molecule has 0 spiro atoms. The van der Waals surface area contributed by atoms with E-state index in [1.165, 1.54) is 10.9 Å². The maximum atomic E-state index is 12.0. The first-order valence-electron chi connectivity index (χ1n) is 6.53. The Morgan fingerprint density at radius 2 is 2.24 bits per heavy atom. The number of nitrogens with zero attached hydrogens (tertiary/aromatic N) is 3. The van der Waals surface area contributed by atoms with Crippen molar-refractivity contribution in [2.75, 3.05) is 5.32 Å². The largest absolute Gasteiger partial charge is 0.378 e. The molecule has 0 bridgehead atoms. The molecule has 108 valence electrons. The molecule has 2 rings (SSSR count). The molecule has 0 saturated carbocycles. The third kappa shape index (κ3) is 3.41. The summed E-state index contributed by atoms with van der Waals surface area (Å²) in [7, 11) is 0. The molecule has 0 aliphatic carbocycles. The summed E-state index contributed by atoms with van der Waals surface area (Å²) in [5, 5.41) is 16.1. The van der Waals surface area contributed by atoms with Crippen LogP contribution in [0.5, 0.6) is 0 Å². The number of rotatable bonds is 4. The van der Waals surface area contributed by atoms with Crippen LogP contribution < -0.4 is 10.9 Å². The number of benzene rings is 1. The maximum absolute atomic E-state index is 12.0. The number of halogens is 1.